The number of carbonyl (C=O) groups excluding carboxylic acids is 4. The van der Waals surface area contributed by atoms with Crippen molar-refractivity contribution in [3.8, 4) is 0 Å². The number of carbonyl (C=O) groups is 4. The van der Waals surface area contributed by atoms with Crippen molar-refractivity contribution in [1.29, 1.82) is 0 Å². The van der Waals surface area contributed by atoms with Gasteiger partial charge >= 0.3 is 0 Å². The predicted molar refractivity (Wildman–Crippen MR) is 90.7 cm³/mol. The topological polar surface area (TPSA) is 83.6 Å². The van der Waals surface area contributed by atoms with Gasteiger partial charge in [0.1, 0.15) is 12.3 Å². The van der Waals surface area contributed by atoms with Crippen molar-refractivity contribution in [2.45, 2.75) is 57.5 Å². The lowest BCUT2D eigenvalue weighted by atomic mass is 10.0. The number of fused-ring (bicyclic) bond motifs is 1. The lowest BCUT2D eigenvalue weighted by molar-refractivity contribution is -0.136. The molecule has 0 aromatic heterocycles. The average Bonchev–Trinajstić information content (AvgIpc) is 2.91. The summed E-state index contributed by atoms with van der Waals surface area (Å²) in [5, 5.41) is 2.31. The largest absolute Gasteiger partial charge is 0.322 e. The van der Waals surface area contributed by atoms with Gasteiger partial charge in [0.05, 0.1) is 0 Å². The molecule has 0 bridgehead atoms. The van der Waals surface area contributed by atoms with Crippen LogP contribution in [0.1, 0.15) is 60.0 Å². The number of amides is 3. The van der Waals surface area contributed by atoms with Crippen LogP contribution in [0.15, 0.2) is 18.2 Å². The van der Waals surface area contributed by atoms with Crippen LogP contribution in [0.4, 0.5) is 0 Å². The monoisotopic (exact) mass is 342 g/mol. The van der Waals surface area contributed by atoms with Gasteiger partial charge in [-0.1, -0.05) is 18.6 Å². The summed E-state index contributed by atoms with van der Waals surface area (Å²) in [7, 11) is 0. The van der Waals surface area contributed by atoms with Crippen LogP contribution in [0.25, 0.3) is 0 Å². The molecule has 1 aromatic rings. The molecular weight excluding hydrogens is 320 g/mol. The smallest absolute Gasteiger partial charge is 0.255 e. The fourth-order valence-corrected chi connectivity index (χ4v) is 3.49. The summed E-state index contributed by atoms with van der Waals surface area (Å²) in [6.07, 6.45) is 5.94. The number of aldehydes is 1. The van der Waals surface area contributed by atoms with Gasteiger partial charge in [0, 0.05) is 24.9 Å². The first kappa shape index (κ1) is 17.3. The molecule has 1 unspecified atom stereocenters. The Morgan fingerprint density at radius 3 is 2.76 bits per heavy atom. The van der Waals surface area contributed by atoms with Gasteiger partial charge in [-0.2, -0.15) is 0 Å². The van der Waals surface area contributed by atoms with E-state index < -0.39 is 6.04 Å². The molecule has 132 valence electrons. The molecule has 0 radical (unpaired) electrons. The number of hydrogen-bond donors (Lipinski definition) is 1. The maximum Gasteiger partial charge on any atom is 0.255 e. The van der Waals surface area contributed by atoms with Gasteiger partial charge in [0.25, 0.3) is 5.91 Å². The van der Waals surface area contributed by atoms with Crippen molar-refractivity contribution in [1.82, 2.24) is 10.2 Å². The normalized spacial score (nSPS) is 19.8. The second-order valence-electron chi connectivity index (χ2n) is 6.66. The van der Waals surface area contributed by atoms with Crippen LogP contribution < -0.4 is 5.32 Å². The molecule has 1 atom stereocenters. The maximum absolute atomic E-state index is 12.7. The molecule has 1 N–H and O–H groups in total. The zero-order valence-corrected chi connectivity index (χ0v) is 14.1. The van der Waals surface area contributed by atoms with E-state index in [2.05, 4.69) is 5.32 Å². The van der Waals surface area contributed by atoms with Crippen molar-refractivity contribution < 1.29 is 19.2 Å². The van der Waals surface area contributed by atoms with Crippen LogP contribution in [0.3, 0.4) is 0 Å². The number of piperidine rings is 1. The zero-order chi connectivity index (χ0) is 17.8. The number of benzene rings is 1. The molecule has 3 rings (SSSR count). The summed E-state index contributed by atoms with van der Waals surface area (Å²) in [5.74, 6) is -0.789. The molecule has 2 aliphatic heterocycles. The van der Waals surface area contributed by atoms with E-state index in [0.29, 0.717) is 24.9 Å². The van der Waals surface area contributed by atoms with E-state index in [9.17, 15) is 19.2 Å². The third-order valence-electron chi connectivity index (χ3n) is 4.88. The molecule has 25 heavy (non-hydrogen) atoms. The second kappa shape index (κ2) is 7.59. The van der Waals surface area contributed by atoms with Crippen LogP contribution >= 0.6 is 0 Å². The number of nitrogens with one attached hydrogen (secondary N) is 1. The molecule has 0 saturated carbocycles. The molecule has 6 nitrogen and oxygen atoms in total. The van der Waals surface area contributed by atoms with Crippen LogP contribution in [-0.4, -0.2) is 34.9 Å². The number of rotatable bonds is 7. The van der Waals surface area contributed by atoms with Crippen molar-refractivity contribution in [2.24, 2.45) is 0 Å². The quantitative estimate of drug-likeness (QED) is 0.465. The maximum atomic E-state index is 12.7. The Labute approximate surface area is 146 Å². The van der Waals surface area contributed by atoms with Crippen LogP contribution in [0, 0.1) is 0 Å². The minimum absolute atomic E-state index is 0.132. The van der Waals surface area contributed by atoms with Crippen molar-refractivity contribution >= 4 is 24.0 Å². The van der Waals surface area contributed by atoms with E-state index in [1.807, 2.05) is 18.2 Å². The number of aryl methyl sites for hydroxylation is 1. The number of nitrogens with zero attached hydrogens (tertiary/aromatic N) is 1. The first-order valence-corrected chi connectivity index (χ1v) is 8.80. The Hall–Kier alpha value is -2.50. The zero-order valence-electron chi connectivity index (χ0n) is 14.1. The van der Waals surface area contributed by atoms with Gasteiger partial charge in [-0.25, -0.2) is 0 Å². The van der Waals surface area contributed by atoms with Crippen LogP contribution in [0.5, 0.6) is 0 Å². The van der Waals surface area contributed by atoms with Crippen LogP contribution in [0.2, 0.25) is 0 Å². The molecule has 3 amide bonds. The number of imide groups is 1. The minimum Gasteiger partial charge on any atom is -0.322 e. The van der Waals surface area contributed by atoms with E-state index in [0.717, 1.165) is 43.1 Å². The lowest BCUT2D eigenvalue weighted by Gasteiger charge is -2.29. The highest BCUT2D eigenvalue weighted by Crippen LogP contribution is 2.28. The van der Waals surface area contributed by atoms with Gasteiger partial charge in [-0.3, -0.25) is 19.7 Å². The van der Waals surface area contributed by atoms with Gasteiger partial charge < -0.3 is 9.69 Å². The van der Waals surface area contributed by atoms with E-state index in [-0.39, 0.29) is 24.1 Å². The molecule has 6 heteroatoms. The highest BCUT2D eigenvalue weighted by Gasteiger charge is 2.38. The highest BCUT2D eigenvalue weighted by atomic mass is 16.2. The third kappa shape index (κ3) is 3.78. The summed E-state index contributed by atoms with van der Waals surface area (Å²) in [5.41, 5.74) is 2.69. The SMILES string of the molecule is O=CCCCCCc1ccc2c(c1)C(=O)N(C1CCC(=O)NC1=O)C2. The Morgan fingerprint density at radius 2 is 2.00 bits per heavy atom. The molecule has 0 aliphatic carbocycles. The van der Waals surface area contributed by atoms with Crippen molar-refractivity contribution in [2.75, 3.05) is 0 Å². The third-order valence-corrected chi connectivity index (χ3v) is 4.88. The van der Waals surface area contributed by atoms with Crippen molar-refractivity contribution in [3.05, 3.63) is 34.9 Å². The molecule has 2 heterocycles. The van der Waals surface area contributed by atoms with E-state index >= 15 is 0 Å². The summed E-state index contributed by atoms with van der Waals surface area (Å²) in [4.78, 5) is 47.9. The molecule has 1 fully saturated rings. The standard InChI is InChI=1S/C19H22N2O4/c22-10-4-2-1-3-5-13-6-7-14-12-21(19(25)15(14)11-13)16-8-9-17(23)20-18(16)24/h6-7,10-11,16H,1-5,8-9,12H2,(H,20,23,24). The van der Waals surface area contributed by atoms with Gasteiger partial charge in [-0.05, 0) is 42.9 Å². The summed E-state index contributed by atoms with van der Waals surface area (Å²) >= 11 is 0. The van der Waals surface area contributed by atoms with E-state index in [1.54, 1.807) is 4.90 Å². The summed E-state index contributed by atoms with van der Waals surface area (Å²) < 4.78 is 0. The molecule has 2 aliphatic rings. The molecule has 1 saturated heterocycles. The predicted octanol–water partition coefficient (Wildman–Crippen LogP) is 1.75. The fourth-order valence-electron chi connectivity index (χ4n) is 3.49. The van der Waals surface area contributed by atoms with Crippen LogP contribution in [-0.2, 0) is 27.3 Å². The molecule has 0 spiro atoms. The average molecular weight is 342 g/mol. The Kier molecular flexibility index (Phi) is 5.26. The number of hydrogen-bond acceptors (Lipinski definition) is 4. The minimum atomic E-state index is -0.565. The second-order valence-corrected chi connectivity index (χ2v) is 6.66. The molecule has 1 aromatic carbocycles. The summed E-state index contributed by atoms with van der Waals surface area (Å²) in [6, 6.07) is 5.34. The Morgan fingerprint density at radius 1 is 1.16 bits per heavy atom. The number of unbranched alkanes of at least 4 members (excludes halogenated alkanes) is 3. The van der Waals surface area contributed by atoms with Crippen molar-refractivity contribution in [3.63, 3.8) is 0 Å². The van der Waals surface area contributed by atoms with Gasteiger partial charge in [0.15, 0.2) is 0 Å². The first-order chi connectivity index (χ1) is 12.1. The lowest BCUT2D eigenvalue weighted by Crippen LogP contribution is -2.52. The fraction of sp³-hybridized carbons (Fsp3) is 0.474. The molecular formula is C19H22N2O4. The van der Waals surface area contributed by atoms with E-state index in [4.69, 9.17) is 0 Å². The van der Waals surface area contributed by atoms with E-state index in [1.165, 1.54) is 0 Å². The van der Waals surface area contributed by atoms with Gasteiger partial charge in [-0.15, -0.1) is 0 Å². The van der Waals surface area contributed by atoms with Gasteiger partial charge in [0.2, 0.25) is 11.8 Å². The first-order valence-electron chi connectivity index (χ1n) is 8.80. The Bertz CT molecular complexity index is 713. The highest BCUT2D eigenvalue weighted by molar-refractivity contribution is 6.05. The Balaban J connectivity index is 1.64. The summed E-state index contributed by atoms with van der Waals surface area (Å²) in [6.45, 7) is 0.417.